The molecule has 0 aromatic heterocycles. The molecular weight excluding hydrogens is 416 g/mol. The topological polar surface area (TPSA) is 115 Å². The normalized spacial score (nSPS) is 27.2. The Bertz CT molecular complexity index is 812. The summed E-state index contributed by atoms with van der Waals surface area (Å²) < 4.78 is 22.4. The Morgan fingerprint density at radius 1 is 1.25 bits per heavy atom. The zero-order chi connectivity index (χ0) is 22.5. The molecule has 9 heteroatoms. The van der Waals surface area contributed by atoms with Crippen molar-refractivity contribution in [1.29, 1.82) is 0 Å². The second-order valence-corrected chi connectivity index (χ2v) is 8.58. The summed E-state index contributed by atoms with van der Waals surface area (Å²) in [6.45, 7) is 1.93. The van der Waals surface area contributed by atoms with Gasteiger partial charge in [-0.25, -0.2) is 0 Å². The predicted molar refractivity (Wildman–Crippen MR) is 116 cm³/mol. The van der Waals surface area contributed by atoms with E-state index >= 15 is 0 Å². The number of nitrogens with one attached hydrogen (secondary N) is 2. The summed E-state index contributed by atoms with van der Waals surface area (Å²) in [5, 5.41) is 15.7. The van der Waals surface area contributed by atoms with Gasteiger partial charge in [-0.15, -0.1) is 0 Å². The summed E-state index contributed by atoms with van der Waals surface area (Å²) in [6, 6.07) is 5.64. The van der Waals surface area contributed by atoms with Crippen molar-refractivity contribution in [3.63, 3.8) is 0 Å². The largest absolute Gasteiger partial charge is 0.487 e. The lowest BCUT2D eigenvalue weighted by Gasteiger charge is -2.37. The quantitative estimate of drug-likeness (QED) is 0.512. The van der Waals surface area contributed by atoms with Crippen LogP contribution in [0.2, 0.25) is 0 Å². The van der Waals surface area contributed by atoms with E-state index in [1.54, 1.807) is 7.11 Å². The lowest BCUT2D eigenvalue weighted by atomic mass is 9.84. The van der Waals surface area contributed by atoms with Gasteiger partial charge in [-0.1, -0.05) is 0 Å². The maximum Gasteiger partial charge on any atom is 0.227 e. The molecule has 176 valence electrons. The lowest BCUT2D eigenvalue weighted by Crippen LogP contribution is -2.47. The van der Waals surface area contributed by atoms with Gasteiger partial charge in [0.2, 0.25) is 11.8 Å². The van der Waals surface area contributed by atoms with E-state index in [9.17, 15) is 14.7 Å². The first-order valence-corrected chi connectivity index (χ1v) is 11.3. The van der Waals surface area contributed by atoms with E-state index in [-0.39, 0.29) is 48.9 Å². The van der Waals surface area contributed by atoms with Crippen molar-refractivity contribution in [3.05, 3.63) is 23.8 Å². The maximum absolute atomic E-state index is 12.6. The van der Waals surface area contributed by atoms with Crippen LogP contribution in [0.15, 0.2) is 18.2 Å². The highest BCUT2D eigenvalue weighted by molar-refractivity contribution is 5.92. The van der Waals surface area contributed by atoms with Crippen molar-refractivity contribution in [1.82, 2.24) is 5.32 Å². The van der Waals surface area contributed by atoms with Crippen LogP contribution in [-0.2, 0) is 23.8 Å². The van der Waals surface area contributed by atoms with E-state index in [0.29, 0.717) is 32.8 Å². The molecule has 3 aliphatic rings. The number of amides is 2. The van der Waals surface area contributed by atoms with Crippen LogP contribution in [-0.4, -0.2) is 75.3 Å². The van der Waals surface area contributed by atoms with Gasteiger partial charge < -0.3 is 34.7 Å². The molecule has 3 heterocycles. The van der Waals surface area contributed by atoms with Gasteiger partial charge in [-0.05, 0) is 37.5 Å². The van der Waals surface area contributed by atoms with Gasteiger partial charge in [-0.2, -0.15) is 0 Å². The molecule has 9 nitrogen and oxygen atoms in total. The summed E-state index contributed by atoms with van der Waals surface area (Å²) in [5.41, 5.74) is 1.71. The maximum atomic E-state index is 12.6. The number of ether oxygens (including phenoxy) is 4. The average molecular weight is 449 g/mol. The molecule has 1 aromatic carbocycles. The first-order chi connectivity index (χ1) is 15.6. The van der Waals surface area contributed by atoms with Crippen molar-refractivity contribution in [3.8, 4) is 5.75 Å². The number of hydrogen-bond donors (Lipinski definition) is 3. The third-order valence-corrected chi connectivity index (χ3v) is 6.40. The Hall–Kier alpha value is -2.20. The Kier molecular flexibility index (Phi) is 7.62. The van der Waals surface area contributed by atoms with Crippen LogP contribution in [0.4, 0.5) is 5.69 Å². The number of methoxy groups -OCH3 is 1. The molecule has 4 atom stereocenters. The Morgan fingerprint density at radius 2 is 2.06 bits per heavy atom. The number of aliphatic hydroxyl groups excluding tert-OH is 1. The summed E-state index contributed by atoms with van der Waals surface area (Å²) >= 11 is 0. The summed E-state index contributed by atoms with van der Waals surface area (Å²) in [4.78, 5) is 24.9. The van der Waals surface area contributed by atoms with E-state index in [4.69, 9.17) is 18.9 Å². The molecule has 0 saturated carbocycles. The van der Waals surface area contributed by atoms with Crippen molar-refractivity contribution >= 4 is 17.5 Å². The Labute approximate surface area is 187 Å². The number of aliphatic hydroxyl groups is 1. The molecule has 0 aliphatic carbocycles. The second kappa shape index (κ2) is 10.6. The number of fused-ring (bicyclic) bond motifs is 3. The number of anilines is 1. The zero-order valence-corrected chi connectivity index (χ0v) is 18.4. The fourth-order valence-corrected chi connectivity index (χ4v) is 4.74. The lowest BCUT2D eigenvalue weighted by molar-refractivity contribution is -0.142. The van der Waals surface area contributed by atoms with Gasteiger partial charge in [0.1, 0.15) is 18.0 Å². The van der Waals surface area contributed by atoms with Gasteiger partial charge in [0.15, 0.2) is 0 Å². The van der Waals surface area contributed by atoms with Gasteiger partial charge >= 0.3 is 0 Å². The van der Waals surface area contributed by atoms with Gasteiger partial charge in [-0.3, -0.25) is 9.59 Å². The fraction of sp³-hybridized carbons (Fsp3) is 0.652. The molecule has 0 radical (unpaired) electrons. The molecule has 0 unspecified atom stereocenters. The molecule has 2 fully saturated rings. The van der Waals surface area contributed by atoms with E-state index in [1.165, 1.54) is 0 Å². The molecule has 0 bridgehead atoms. The highest BCUT2D eigenvalue weighted by atomic mass is 16.6. The number of benzene rings is 1. The molecule has 32 heavy (non-hydrogen) atoms. The van der Waals surface area contributed by atoms with E-state index < -0.39 is 6.10 Å². The van der Waals surface area contributed by atoms with Gasteiger partial charge in [0.05, 0.1) is 25.7 Å². The van der Waals surface area contributed by atoms with Crippen molar-refractivity contribution in [2.24, 2.45) is 5.92 Å². The Morgan fingerprint density at radius 3 is 2.81 bits per heavy atom. The van der Waals surface area contributed by atoms with E-state index in [2.05, 4.69) is 10.6 Å². The number of hydrogen-bond acceptors (Lipinski definition) is 7. The molecule has 4 rings (SSSR count). The van der Waals surface area contributed by atoms with Crippen LogP contribution >= 0.6 is 0 Å². The molecule has 2 saturated heterocycles. The number of carbonyl (C=O) groups excluding carboxylic acids is 2. The minimum absolute atomic E-state index is 0.00883. The SMILES string of the molecule is COCCNC(=O)C[C@@H]1C[C@@H]2c3cc(NC(=O)C4CCOCC4)ccc3O[C@@H]2[C@H](CO)O1. The molecule has 3 aliphatic heterocycles. The summed E-state index contributed by atoms with van der Waals surface area (Å²) in [6.07, 6.45) is 1.11. The first kappa shape index (κ1) is 23.0. The van der Waals surface area contributed by atoms with Crippen molar-refractivity contribution in [2.75, 3.05) is 45.4 Å². The van der Waals surface area contributed by atoms with Crippen LogP contribution < -0.4 is 15.4 Å². The van der Waals surface area contributed by atoms with Crippen LogP contribution in [0, 0.1) is 5.92 Å². The van der Waals surface area contributed by atoms with Crippen LogP contribution in [0.3, 0.4) is 0 Å². The summed E-state index contributed by atoms with van der Waals surface area (Å²) in [5.74, 6) is 0.570. The van der Waals surface area contributed by atoms with Crippen LogP contribution in [0.5, 0.6) is 5.75 Å². The molecule has 2 amide bonds. The highest BCUT2D eigenvalue weighted by Gasteiger charge is 2.46. The minimum Gasteiger partial charge on any atom is -0.487 e. The third kappa shape index (κ3) is 5.23. The molecular formula is C23H32N2O7. The number of carbonyl (C=O) groups is 2. The molecule has 1 aromatic rings. The van der Waals surface area contributed by atoms with E-state index in [1.807, 2.05) is 18.2 Å². The van der Waals surface area contributed by atoms with Crippen molar-refractivity contribution < 1.29 is 33.6 Å². The summed E-state index contributed by atoms with van der Waals surface area (Å²) in [7, 11) is 1.58. The van der Waals surface area contributed by atoms with Gasteiger partial charge in [0, 0.05) is 50.0 Å². The molecule has 0 spiro atoms. The van der Waals surface area contributed by atoms with Crippen molar-refractivity contribution in [2.45, 2.75) is 49.9 Å². The van der Waals surface area contributed by atoms with Crippen LogP contribution in [0.25, 0.3) is 0 Å². The third-order valence-electron chi connectivity index (χ3n) is 6.40. The highest BCUT2D eigenvalue weighted by Crippen LogP contribution is 2.47. The van der Waals surface area contributed by atoms with E-state index in [0.717, 1.165) is 29.8 Å². The standard InChI is InChI=1S/C23H32N2O7/c1-29-9-6-24-21(27)12-16-11-18-17-10-15(25-23(28)14-4-7-30-8-5-14)2-3-19(17)32-22(18)20(13-26)31-16/h2-3,10,14,16,18,20,22,26H,4-9,11-13H2,1H3,(H,24,27)(H,25,28)/t16-,18+,20-,22-/m0/s1. The predicted octanol–water partition coefficient (Wildman–Crippen LogP) is 1.20. The molecule has 3 N–H and O–H groups in total. The number of rotatable bonds is 8. The van der Waals surface area contributed by atoms with Crippen LogP contribution in [0.1, 0.15) is 37.2 Å². The first-order valence-electron chi connectivity index (χ1n) is 11.3. The minimum atomic E-state index is -0.516. The fourth-order valence-electron chi connectivity index (χ4n) is 4.74. The zero-order valence-electron chi connectivity index (χ0n) is 18.4. The van der Waals surface area contributed by atoms with Gasteiger partial charge in [0.25, 0.3) is 0 Å². The second-order valence-electron chi connectivity index (χ2n) is 8.58. The average Bonchev–Trinajstić information content (AvgIpc) is 3.17. The monoisotopic (exact) mass is 448 g/mol. The Balaban J connectivity index is 1.43. The smallest absolute Gasteiger partial charge is 0.227 e.